The van der Waals surface area contributed by atoms with E-state index in [1.807, 2.05) is 57.5 Å². The van der Waals surface area contributed by atoms with Gasteiger partial charge in [0.15, 0.2) is 0 Å². The van der Waals surface area contributed by atoms with Crippen LogP contribution in [0.4, 0.5) is 0 Å². The number of aromatic nitrogens is 1. The fourth-order valence-electron chi connectivity index (χ4n) is 10.7. The Morgan fingerprint density at radius 3 is 2.36 bits per heavy atom. The van der Waals surface area contributed by atoms with Gasteiger partial charge in [0.25, 0.3) is 0 Å². The lowest BCUT2D eigenvalue weighted by Gasteiger charge is -2.61. The zero-order chi connectivity index (χ0) is 39.5. The number of carbonyl (C=O) groups is 4. The van der Waals surface area contributed by atoms with Crippen LogP contribution in [0.3, 0.4) is 0 Å². The minimum absolute atomic E-state index is 0.00161. The summed E-state index contributed by atoms with van der Waals surface area (Å²) in [5.41, 5.74) is 3.53. The minimum atomic E-state index is -0.950. The Morgan fingerprint density at radius 1 is 0.982 bits per heavy atom. The zero-order valence-corrected chi connectivity index (χ0v) is 33.9. The van der Waals surface area contributed by atoms with Crippen LogP contribution in [0, 0.1) is 35.5 Å². The number of carbonyl (C=O) groups excluding carboxylic acids is 4. The average Bonchev–Trinajstić information content (AvgIpc) is 3.88. The van der Waals surface area contributed by atoms with Crippen molar-refractivity contribution in [3.63, 3.8) is 0 Å². The molecule has 5 atom stereocenters. The molecule has 5 unspecified atom stereocenters. The number of nitrogens with one attached hydrogen (secondary N) is 3. The van der Waals surface area contributed by atoms with Crippen LogP contribution in [-0.2, 0) is 40.2 Å². The highest BCUT2D eigenvalue weighted by molar-refractivity contribution is 7.13. The Morgan fingerprint density at radius 2 is 1.70 bits per heavy atom. The molecule has 14 heteroatoms. The van der Waals surface area contributed by atoms with E-state index in [1.54, 1.807) is 11.3 Å². The number of aliphatic hydroxyl groups excluding tert-OH is 1. The van der Waals surface area contributed by atoms with Gasteiger partial charge in [-0.15, -0.1) is 11.3 Å². The van der Waals surface area contributed by atoms with Gasteiger partial charge < -0.3 is 30.7 Å². The van der Waals surface area contributed by atoms with Crippen molar-refractivity contribution in [3.05, 3.63) is 41.0 Å². The van der Waals surface area contributed by atoms with Crippen molar-refractivity contribution < 1.29 is 38.8 Å². The summed E-state index contributed by atoms with van der Waals surface area (Å²) >= 11 is 1.58. The maximum Gasteiger partial charge on any atom is 0.246 e. The van der Waals surface area contributed by atoms with Gasteiger partial charge in [0.05, 0.1) is 27.6 Å². The van der Waals surface area contributed by atoms with Gasteiger partial charge in [-0.2, -0.15) is 9.78 Å². The zero-order valence-electron chi connectivity index (χ0n) is 33.1. The lowest BCUT2D eigenvalue weighted by atomic mass is 9.47. The summed E-state index contributed by atoms with van der Waals surface area (Å²) in [4.78, 5) is 73.9. The first-order valence-electron chi connectivity index (χ1n) is 20.6. The molecule has 2 aliphatic heterocycles. The fraction of sp³-hybridized carbons (Fsp3) is 0.690. The molecule has 5 saturated carbocycles. The van der Waals surface area contributed by atoms with Crippen molar-refractivity contribution in [2.45, 2.75) is 141 Å². The molecule has 3 heterocycles. The molecule has 0 radical (unpaired) electrons. The van der Waals surface area contributed by atoms with E-state index in [1.165, 1.54) is 11.3 Å². The highest BCUT2D eigenvalue weighted by Crippen LogP contribution is 2.67. The van der Waals surface area contributed by atoms with Gasteiger partial charge in [-0.1, -0.05) is 51.5 Å². The van der Waals surface area contributed by atoms with Gasteiger partial charge >= 0.3 is 0 Å². The van der Waals surface area contributed by atoms with E-state index in [2.05, 4.69) is 20.9 Å². The number of nitrogens with zero attached hydrogens (tertiary/aromatic N) is 2. The second-order valence-corrected chi connectivity index (χ2v) is 19.4. The maximum absolute atomic E-state index is 14.1. The second-order valence-electron chi connectivity index (χ2n) is 18.5. The predicted octanol–water partition coefficient (Wildman–Crippen LogP) is 4.90. The van der Waals surface area contributed by atoms with Crippen molar-refractivity contribution in [1.82, 2.24) is 25.8 Å². The van der Waals surface area contributed by atoms with Crippen molar-refractivity contribution in [3.8, 4) is 10.4 Å². The topological polar surface area (TPSA) is 168 Å². The largest absolute Gasteiger partial charge is 0.391 e. The highest BCUT2D eigenvalue weighted by atomic mass is 32.1. The number of ether oxygens (including phenoxy) is 1. The van der Waals surface area contributed by atoms with Crippen LogP contribution in [0.1, 0.15) is 109 Å². The number of benzene rings is 1. The maximum atomic E-state index is 14.1. The van der Waals surface area contributed by atoms with E-state index in [0.29, 0.717) is 18.8 Å². The van der Waals surface area contributed by atoms with Crippen LogP contribution in [0.15, 0.2) is 29.8 Å². The van der Waals surface area contributed by atoms with E-state index in [9.17, 15) is 24.3 Å². The molecule has 2 spiro atoms. The lowest BCUT2D eigenvalue weighted by molar-refractivity contribution is -0.393. The molecule has 1 aromatic heterocycles. The smallest absolute Gasteiger partial charge is 0.246 e. The van der Waals surface area contributed by atoms with Gasteiger partial charge in [0, 0.05) is 57.2 Å². The van der Waals surface area contributed by atoms with Crippen LogP contribution in [0.25, 0.3) is 10.4 Å². The first kappa shape index (κ1) is 39.4. The molecule has 4 amide bonds. The standard InChI is InChI=1S/C42H57N5O8S/c1-25-34(56-24-45-25)28-10-8-26(9-11-28)22-44-36(50)32-18-31(48)23-47(32)37(51)35(39(2,3)4)46-33(49)12-15-43-38(52)40-19-27-16-29(20-40)42(30(17-27)21-40)53-41(54-55-42)13-6-5-7-14-41/h8-11,24,27,29-32,35,48H,5-7,12-23H2,1-4H3,(H,43,52)(H,44,50)(H,46,49). The number of thiazole rings is 1. The van der Waals surface area contributed by atoms with Gasteiger partial charge in [-0.3, -0.25) is 19.2 Å². The summed E-state index contributed by atoms with van der Waals surface area (Å²) in [6, 6.07) is 6.08. The number of likely N-dealkylation sites (tertiary alicyclic amines) is 1. The number of aryl methyl sites for hydroxylation is 1. The lowest BCUT2D eigenvalue weighted by Crippen LogP contribution is -2.65. The van der Waals surface area contributed by atoms with E-state index >= 15 is 0 Å². The molecule has 4 bridgehead atoms. The molecule has 2 aromatic rings. The Balaban J connectivity index is 0.845. The quantitative estimate of drug-likeness (QED) is 0.245. The second kappa shape index (κ2) is 15.1. The molecular formula is C42H57N5O8S. The first-order chi connectivity index (χ1) is 26.7. The summed E-state index contributed by atoms with van der Waals surface area (Å²) in [7, 11) is 0. The van der Waals surface area contributed by atoms with Crippen molar-refractivity contribution in [1.29, 1.82) is 0 Å². The molecule has 4 N–H and O–H groups in total. The number of β-amino-alcohol motifs (C(OH)–C–C–N with tert-alkyl or cyclic N) is 1. The Kier molecular flexibility index (Phi) is 10.6. The van der Waals surface area contributed by atoms with Crippen molar-refractivity contribution in [2.24, 2.45) is 28.6 Å². The Bertz CT molecular complexity index is 1800. The molecule has 13 nitrogen and oxygen atoms in total. The minimum Gasteiger partial charge on any atom is -0.391 e. The van der Waals surface area contributed by atoms with E-state index in [-0.39, 0.29) is 62.0 Å². The Hall–Kier alpha value is -3.43. The van der Waals surface area contributed by atoms with Gasteiger partial charge in [-0.05, 0) is 74.3 Å². The number of hydrogen-bond donors (Lipinski definition) is 4. The first-order valence-corrected chi connectivity index (χ1v) is 21.5. The van der Waals surface area contributed by atoms with Gasteiger partial charge in [0.2, 0.25) is 35.2 Å². The molecule has 9 rings (SSSR count). The van der Waals surface area contributed by atoms with Crippen LogP contribution in [0.2, 0.25) is 0 Å². The number of amides is 4. The highest BCUT2D eigenvalue weighted by Gasteiger charge is 2.71. The summed E-state index contributed by atoms with van der Waals surface area (Å²) < 4.78 is 6.79. The van der Waals surface area contributed by atoms with Crippen molar-refractivity contribution in [2.75, 3.05) is 13.1 Å². The molecule has 1 aromatic carbocycles. The number of hydrogen-bond acceptors (Lipinski definition) is 10. The summed E-state index contributed by atoms with van der Waals surface area (Å²) in [5, 5.41) is 19.5. The molecule has 7 fully saturated rings. The Labute approximate surface area is 332 Å². The van der Waals surface area contributed by atoms with E-state index in [0.717, 1.165) is 66.6 Å². The van der Waals surface area contributed by atoms with Crippen LogP contribution < -0.4 is 16.0 Å². The van der Waals surface area contributed by atoms with Crippen LogP contribution in [-0.4, -0.2) is 81.5 Å². The van der Waals surface area contributed by atoms with Crippen LogP contribution >= 0.6 is 11.3 Å². The molecular weight excluding hydrogens is 735 g/mol. The normalized spacial score (nSPS) is 32.2. The number of aliphatic hydroxyl groups is 1. The molecule has 2 saturated heterocycles. The van der Waals surface area contributed by atoms with E-state index < -0.39 is 46.5 Å². The predicted molar refractivity (Wildman–Crippen MR) is 207 cm³/mol. The third kappa shape index (κ3) is 7.40. The van der Waals surface area contributed by atoms with Crippen molar-refractivity contribution >= 4 is 35.0 Å². The molecule has 304 valence electrons. The van der Waals surface area contributed by atoms with Gasteiger partial charge in [-0.25, -0.2) is 4.98 Å². The third-order valence-electron chi connectivity index (χ3n) is 13.4. The molecule has 7 aliphatic rings. The van der Waals surface area contributed by atoms with E-state index in [4.69, 9.17) is 14.5 Å². The molecule has 56 heavy (non-hydrogen) atoms. The van der Waals surface area contributed by atoms with Crippen LogP contribution in [0.5, 0.6) is 0 Å². The summed E-state index contributed by atoms with van der Waals surface area (Å²) in [6.45, 7) is 7.94. The summed E-state index contributed by atoms with van der Waals surface area (Å²) in [6.07, 6.45) is 8.34. The van der Waals surface area contributed by atoms with Gasteiger partial charge in [0.1, 0.15) is 12.1 Å². The molecule has 5 aliphatic carbocycles. The number of rotatable bonds is 10. The monoisotopic (exact) mass is 791 g/mol. The third-order valence-corrected chi connectivity index (χ3v) is 14.4. The average molecular weight is 792 g/mol. The fourth-order valence-corrected chi connectivity index (χ4v) is 11.6. The summed E-state index contributed by atoms with van der Waals surface area (Å²) in [5.74, 6) is -2.00. The SMILES string of the molecule is Cc1ncsc1-c1ccc(CNC(=O)C2CC(O)CN2C(=O)C(NC(=O)CCNC(=O)C23CC4CC(C2)C2(OOC5(CCCCC5)O2)C(C4)C3)C(C)(C)C)cc1.